The average Bonchev–Trinajstić information content (AvgIpc) is 2.66. The molecular weight excluding hydrogens is 436 g/mol. The van der Waals surface area contributed by atoms with Crippen LogP contribution in [-0.2, 0) is 24.0 Å². The van der Waals surface area contributed by atoms with Crippen LogP contribution in [-0.4, -0.2) is 81.8 Å². The summed E-state index contributed by atoms with van der Waals surface area (Å²) in [4.78, 5) is 59.3. The fourth-order valence-corrected chi connectivity index (χ4v) is 2.93. The molecule has 0 rings (SSSR count). The molecule has 4 atom stereocenters. The number of carbonyl (C=O) groups is 5. The molecule has 30 heavy (non-hydrogen) atoms. The van der Waals surface area contributed by atoms with Crippen molar-refractivity contribution in [3.8, 4) is 0 Å². The van der Waals surface area contributed by atoms with Gasteiger partial charge in [-0.2, -0.15) is 24.4 Å². The Bertz CT molecular complexity index is 633. The van der Waals surface area contributed by atoms with Crippen molar-refractivity contribution in [1.29, 1.82) is 0 Å². The summed E-state index contributed by atoms with van der Waals surface area (Å²) < 4.78 is 0. The van der Waals surface area contributed by atoms with Crippen molar-refractivity contribution in [3.63, 3.8) is 0 Å². The predicted octanol–water partition coefficient (Wildman–Crippen LogP) is -1.33. The van der Waals surface area contributed by atoms with Gasteiger partial charge in [0.2, 0.25) is 17.7 Å². The van der Waals surface area contributed by atoms with Crippen molar-refractivity contribution in [2.45, 2.75) is 50.9 Å². The van der Waals surface area contributed by atoms with Gasteiger partial charge in [0.1, 0.15) is 18.1 Å². The van der Waals surface area contributed by atoms with Crippen LogP contribution in [0.4, 0.5) is 0 Å². The Hall–Kier alpha value is -1.99. The maximum atomic E-state index is 12.7. The van der Waals surface area contributed by atoms with Crippen LogP contribution in [0.2, 0.25) is 0 Å². The third-order valence-electron chi connectivity index (χ3n) is 4.02. The van der Waals surface area contributed by atoms with Crippen LogP contribution in [0.3, 0.4) is 0 Å². The number of carboxylic acids is 2. The van der Waals surface area contributed by atoms with Crippen LogP contribution in [0.15, 0.2) is 0 Å². The molecule has 13 heteroatoms. The first-order valence-electron chi connectivity index (χ1n) is 9.15. The van der Waals surface area contributed by atoms with E-state index in [2.05, 4.69) is 28.6 Å². The third kappa shape index (κ3) is 10.2. The molecule has 0 aromatic heterocycles. The lowest BCUT2D eigenvalue weighted by atomic mass is 10.0. The maximum absolute atomic E-state index is 12.7. The van der Waals surface area contributed by atoms with E-state index in [4.69, 9.17) is 15.9 Å². The third-order valence-corrected chi connectivity index (χ3v) is 5.05. The van der Waals surface area contributed by atoms with Gasteiger partial charge < -0.3 is 31.9 Å². The Balaban J connectivity index is 5.37. The van der Waals surface area contributed by atoms with Crippen molar-refractivity contribution in [2.75, 3.05) is 17.8 Å². The SMILES string of the molecule is CSCCC(NC(=O)C(NC(=O)C(N)CS)C(C)C)C(=O)NC(CC(=O)O)C(=O)O. The topological polar surface area (TPSA) is 188 Å². The quantitative estimate of drug-likeness (QED) is 0.152. The van der Waals surface area contributed by atoms with Gasteiger partial charge >= 0.3 is 11.9 Å². The molecule has 0 aromatic rings. The number of amides is 3. The van der Waals surface area contributed by atoms with Crippen molar-refractivity contribution >= 4 is 54.1 Å². The van der Waals surface area contributed by atoms with Crippen LogP contribution >= 0.6 is 24.4 Å². The molecule has 0 saturated carbocycles. The fourth-order valence-electron chi connectivity index (χ4n) is 2.29. The van der Waals surface area contributed by atoms with E-state index < -0.39 is 60.2 Å². The molecule has 0 aliphatic rings. The monoisotopic (exact) mass is 466 g/mol. The molecule has 0 aliphatic heterocycles. The Morgan fingerprint density at radius 3 is 1.97 bits per heavy atom. The Morgan fingerprint density at radius 1 is 0.967 bits per heavy atom. The predicted molar refractivity (Wildman–Crippen MR) is 115 cm³/mol. The Kier molecular flexibility index (Phi) is 13.2. The van der Waals surface area contributed by atoms with Crippen molar-refractivity contribution in [1.82, 2.24) is 16.0 Å². The lowest BCUT2D eigenvalue weighted by Gasteiger charge is -2.26. The summed E-state index contributed by atoms with van der Waals surface area (Å²) in [6.45, 7) is 3.39. The lowest BCUT2D eigenvalue weighted by Crippen LogP contribution is -2.58. The van der Waals surface area contributed by atoms with Gasteiger partial charge in [-0.25, -0.2) is 4.79 Å². The number of thiol groups is 1. The first-order valence-corrected chi connectivity index (χ1v) is 11.2. The van der Waals surface area contributed by atoms with Gasteiger partial charge in [0, 0.05) is 5.75 Å². The van der Waals surface area contributed by atoms with Crippen LogP contribution in [0.5, 0.6) is 0 Å². The minimum atomic E-state index is -1.64. The largest absolute Gasteiger partial charge is 0.481 e. The summed E-state index contributed by atoms with van der Waals surface area (Å²) in [5, 5.41) is 25.1. The van der Waals surface area contributed by atoms with E-state index in [-0.39, 0.29) is 18.1 Å². The highest BCUT2D eigenvalue weighted by atomic mass is 32.2. The lowest BCUT2D eigenvalue weighted by molar-refractivity contribution is -0.147. The molecule has 0 bridgehead atoms. The van der Waals surface area contributed by atoms with Gasteiger partial charge in [0.25, 0.3) is 0 Å². The second-order valence-electron chi connectivity index (χ2n) is 6.86. The van der Waals surface area contributed by atoms with E-state index in [1.165, 1.54) is 11.8 Å². The van der Waals surface area contributed by atoms with E-state index in [0.29, 0.717) is 5.75 Å². The molecule has 0 spiro atoms. The van der Waals surface area contributed by atoms with E-state index in [1.807, 2.05) is 0 Å². The number of carbonyl (C=O) groups excluding carboxylic acids is 3. The van der Waals surface area contributed by atoms with Crippen LogP contribution in [0, 0.1) is 5.92 Å². The second-order valence-corrected chi connectivity index (χ2v) is 8.21. The normalized spacial score (nSPS) is 14.9. The van der Waals surface area contributed by atoms with Gasteiger partial charge in [0.05, 0.1) is 12.5 Å². The van der Waals surface area contributed by atoms with Gasteiger partial charge in [-0.05, 0) is 24.3 Å². The highest BCUT2D eigenvalue weighted by molar-refractivity contribution is 7.98. The summed E-state index contributed by atoms with van der Waals surface area (Å²) in [6, 6.07) is -4.65. The first kappa shape index (κ1) is 28.0. The number of hydrogen-bond donors (Lipinski definition) is 7. The van der Waals surface area contributed by atoms with Gasteiger partial charge in [-0.3, -0.25) is 19.2 Å². The fraction of sp³-hybridized carbons (Fsp3) is 0.706. The summed E-state index contributed by atoms with van der Waals surface area (Å²) >= 11 is 5.35. The molecule has 0 aliphatic carbocycles. The number of thioether (sulfide) groups is 1. The van der Waals surface area contributed by atoms with E-state index >= 15 is 0 Å². The van der Waals surface area contributed by atoms with Crippen molar-refractivity contribution in [3.05, 3.63) is 0 Å². The Labute approximate surface area is 184 Å². The Morgan fingerprint density at radius 2 is 1.53 bits per heavy atom. The molecule has 4 unspecified atom stereocenters. The molecule has 0 aromatic carbocycles. The van der Waals surface area contributed by atoms with Crippen LogP contribution in [0.1, 0.15) is 26.7 Å². The van der Waals surface area contributed by atoms with E-state index in [9.17, 15) is 24.0 Å². The molecule has 11 nitrogen and oxygen atoms in total. The summed E-state index contributed by atoms with van der Waals surface area (Å²) in [7, 11) is 0. The molecule has 7 N–H and O–H groups in total. The molecule has 0 radical (unpaired) electrons. The maximum Gasteiger partial charge on any atom is 0.326 e. The van der Waals surface area contributed by atoms with Crippen molar-refractivity contribution in [2.24, 2.45) is 11.7 Å². The standard InChI is InChI=1S/C17H30N4O7S2/c1-8(2)13(21-14(24)9(18)7-29)16(26)19-10(4-5-30-3)15(25)20-11(17(27)28)6-12(22)23/h8-11,13,29H,4-7,18H2,1-3H3,(H,19,26)(H,20,25)(H,21,24)(H,22,23)(H,27,28). The van der Waals surface area contributed by atoms with E-state index in [0.717, 1.165) is 0 Å². The number of rotatable bonds is 14. The molecular formula is C17H30N4O7S2. The minimum absolute atomic E-state index is 0.0805. The van der Waals surface area contributed by atoms with Crippen LogP contribution < -0.4 is 21.7 Å². The highest BCUT2D eigenvalue weighted by Crippen LogP contribution is 2.07. The zero-order chi connectivity index (χ0) is 23.4. The number of hydrogen-bond acceptors (Lipinski definition) is 8. The van der Waals surface area contributed by atoms with Crippen molar-refractivity contribution < 1.29 is 34.2 Å². The molecule has 3 amide bonds. The first-order chi connectivity index (χ1) is 13.9. The van der Waals surface area contributed by atoms with Gasteiger partial charge in [-0.1, -0.05) is 13.8 Å². The number of aliphatic carboxylic acids is 2. The second kappa shape index (κ2) is 14.1. The zero-order valence-electron chi connectivity index (χ0n) is 17.1. The number of carboxylic acid groups (broad SMARTS) is 2. The molecule has 0 fully saturated rings. The van der Waals surface area contributed by atoms with E-state index in [1.54, 1.807) is 20.1 Å². The van der Waals surface area contributed by atoms with Gasteiger partial charge in [-0.15, -0.1) is 0 Å². The van der Waals surface area contributed by atoms with Crippen LogP contribution in [0.25, 0.3) is 0 Å². The number of nitrogens with two attached hydrogens (primary N) is 1. The average molecular weight is 467 g/mol. The minimum Gasteiger partial charge on any atom is -0.481 e. The molecule has 0 heterocycles. The summed E-state index contributed by atoms with van der Waals surface area (Å²) in [5.41, 5.74) is 5.61. The molecule has 0 saturated heterocycles. The number of nitrogens with one attached hydrogen (secondary N) is 3. The summed E-state index contributed by atoms with van der Waals surface area (Å²) in [5.74, 6) is -4.72. The zero-order valence-corrected chi connectivity index (χ0v) is 18.8. The summed E-state index contributed by atoms with van der Waals surface area (Å²) in [6.07, 6.45) is 1.15. The van der Waals surface area contributed by atoms with Gasteiger partial charge in [0.15, 0.2) is 0 Å². The molecule has 172 valence electrons. The smallest absolute Gasteiger partial charge is 0.326 e. The highest BCUT2D eigenvalue weighted by Gasteiger charge is 2.31.